The van der Waals surface area contributed by atoms with Gasteiger partial charge >= 0.3 is 0 Å². The highest BCUT2D eigenvalue weighted by molar-refractivity contribution is 9.10. The molecular weight excluding hydrogens is 261 g/mol. The standard InChI is InChI=1S/C11H9BrFNO/c1-3-7-8(6-15)11(13)9(12)5-10(7)14-4-2/h3-6H,1H2,2H3. The van der Waals surface area contributed by atoms with Crippen molar-refractivity contribution in [3.05, 3.63) is 34.1 Å². The van der Waals surface area contributed by atoms with Gasteiger partial charge in [-0.05, 0) is 28.9 Å². The molecule has 1 aromatic carbocycles. The van der Waals surface area contributed by atoms with E-state index in [4.69, 9.17) is 0 Å². The smallest absolute Gasteiger partial charge is 0.153 e. The number of rotatable bonds is 3. The second-order valence-corrected chi connectivity index (χ2v) is 3.58. The molecule has 1 rings (SSSR count). The van der Waals surface area contributed by atoms with Crippen molar-refractivity contribution in [2.45, 2.75) is 6.92 Å². The number of aldehydes is 1. The first kappa shape index (κ1) is 11.8. The normalized spacial score (nSPS) is 10.6. The first-order valence-corrected chi connectivity index (χ1v) is 5.03. The Balaban J connectivity index is 3.61. The highest BCUT2D eigenvalue weighted by atomic mass is 79.9. The minimum absolute atomic E-state index is 0.0278. The first-order chi connectivity index (χ1) is 7.15. The second kappa shape index (κ2) is 4.98. The minimum Gasteiger partial charge on any atom is -0.298 e. The van der Waals surface area contributed by atoms with Gasteiger partial charge in [0.05, 0.1) is 15.7 Å². The van der Waals surface area contributed by atoms with E-state index in [9.17, 15) is 9.18 Å². The molecule has 2 nitrogen and oxygen atoms in total. The third kappa shape index (κ3) is 2.21. The molecule has 0 amide bonds. The van der Waals surface area contributed by atoms with Crippen molar-refractivity contribution in [3.63, 3.8) is 0 Å². The molecule has 0 atom stereocenters. The van der Waals surface area contributed by atoms with Crippen molar-refractivity contribution < 1.29 is 9.18 Å². The Morgan fingerprint density at radius 2 is 2.20 bits per heavy atom. The molecule has 78 valence electrons. The predicted molar refractivity (Wildman–Crippen MR) is 63.4 cm³/mol. The maximum Gasteiger partial charge on any atom is 0.153 e. The van der Waals surface area contributed by atoms with Crippen LogP contribution in [-0.2, 0) is 0 Å². The third-order valence-electron chi connectivity index (χ3n) is 1.87. The van der Waals surface area contributed by atoms with Crippen LogP contribution in [0.25, 0.3) is 6.08 Å². The van der Waals surface area contributed by atoms with Crippen LogP contribution in [0.4, 0.5) is 10.1 Å². The van der Waals surface area contributed by atoms with Gasteiger partial charge in [0.1, 0.15) is 5.82 Å². The highest BCUT2D eigenvalue weighted by Crippen LogP contribution is 2.31. The summed E-state index contributed by atoms with van der Waals surface area (Å²) in [4.78, 5) is 14.8. The number of halogens is 2. The van der Waals surface area contributed by atoms with Crippen LogP contribution in [0.1, 0.15) is 22.8 Å². The number of carbonyl (C=O) groups excluding carboxylic acids is 1. The molecule has 0 aliphatic rings. The number of carbonyl (C=O) groups is 1. The van der Waals surface area contributed by atoms with Gasteiger partial charge in [-0.3, -0.25) is 9.79 Å². The van der Waals surface area contributed by atoms with E-state index in [2.05, 4.69) is 27.5 Å². The fourth-order valence-electron chi connectivity index (χ4n) is 1.22. The van der Waals surface area contributed by atoms with Crippen molar-refractivity contribution >= 4 is 40.2 Å². The van der Waals surface area contributed by atoms with E-state index in [-0.39, 0.29) is 10.0 Å². The molecule has 4 heteroatoms. The molecule has 0 saturated carbocycles. The average molecular weight is 270 g/mol. The first-order valence-electron chi connectivity index (χ1n) is 4.24. The van der Waals surface area contributed by atoms with Gasteiger partial charge in [-0.15, -0.1) is 0 Å². The Morgan fingerprint density at radius 3 is 2.67 bits per heavy atom. The number of benzene rings is 1. The second-order valence-electron chi connectivity index (χ2n) is 2.73. The molecule has 0 aromatic heterocycles. The molecule has 0 unspecified atom stereocenters. The Labute approximate surface area is 95.7 Å². The number of hydrogen-bond donors (Lipinski definition) is 0. The lowest BCUT2D eigenvalue weighted by atomic mass is 10.1. The molecule has 0 saturated heterocycles. The van der Waals surface area contributed by atoms with E-state index in [1.54, 1.807) is 13.1 Å². The van der Waals surface area contributed by atoms with Crippen LogP contribution in [0.3, 0.4) is 0 Å². The Hall–Kier alpha value is -1.29. The topological polar surface area (TPSA) is 29.4 Å². The van der Waals surface area contributed by atoms with Gasteiger partial charge in [-0.1, -0.05) is 12.7 Å². The molecule has 1 aromatic rings. The maximum atomic E-state index is 13.5. The SMILES string of the molecule is C=Cc1c(N=CC)cc(Br)c(F)c1C=O. The summed E-state index contributed by atoms with van der Waals surface area (Å²) in [6, 6.07) is 1.51. The van der Waals surface area contributed by atoms with E-state index < -0.39 is 5.82 Å². The van der Waals surface area contributed by atoms with Crippen molar-refractivity contribution in [2.24, 2.45) is 4.99 Å². The van der Waals surface area contributed by atoms with Crippen LogP contribution >= 0.6 is 15.9 Å². The van der Waals surface area contributed by atoms with Crippen molar-refractivity contribution in [3.8, 4) is 0 Å². The molecule has 15 heavy (non-hydrogen) atoms. The van der Waals surface area contributed by atoms with Gasteiger partial charge in [-0.2, -0.15) is 0 Å². The van der Waals surface area contributed by atoms with Gasteiger partial charge < -0.3 is 0 Å². The van der Waals surface area contributed by atoms with E-state index >= 15 is 0 Å². The predicted octanol–water partition coefficient (Wildman–Crippen LogP) is 3.77. The fourth-order valence-corrected chi connectivity index (χ4v) is 1.65. The molecule has 0 aliphatic carbocycles. The van der Waals surface area contributed by atoms with Crippen LogP contribution in [-0.4, -0.2) is 12.5 Å². The van der Waals surface area contributed by atoms with Crippen LogP contribution in [0.2, 0.25) is 0 Å². The molecule has 0 bridgehead atoms. The minimum atomic E-state index is -0.588. The lowest BCUT2D eigenvalue weighted by molar-refractivity contribution is 0.111. The third-order valence-corrected chi connectivity index (χ3v) is 2.44. The fraction of sp³-hybridized carbons (Fsp3) is 0.0909. The largest absolute Gasteiger partial charge is 0.298 e. The van der Waals surface area contributed by atoms with E-state index in [0.717, 1.165) is 0 Å². The Bertz CT molecular complexity index is 441. The quantitative estimate of drug-likeness (QED) is 0.607. The Morgan fingerprint density at radius 1 is 1.53 bits per heavy atom. The van der Waals surface area contributed by atoms with E-state index in [1.165, 1.54) is 12.1 Å². The molecule has 0 heterocycles. The number of nitrogens with zero attached hydrogens (tertiary/aromatic N) is 1. The van der Waals surface area contributed by atoms with Crippen LogP contribution in [0.5, 0.6) is 0 Å². The van der Waals surface area contributed by atoms with Gasteiger partial charge in [0.2, 0.25) is 0 Å². The van der Waals surface area contributed by atoms with Crippen LogP contribution < -0.4 is 0 Å². The summed E-state index contributed by atoms with van der Waals surface area (Å²) in [6.45, 7) is 5.28. The van der Waals surface area contributed by atoms with Gasteiger partial charge in [0.15, 0.2) is 6.29 Å². The maximum absolute atomic E-state index is 13.5. The summed E-state index contributed by atoms with van der Waals surface area (Å²) in [5, 5.41) is 0. The van der Waals surface area contributed by atoms with Gasteiger partial charge in [0.25, 0.3) is 0 Å². The van der Waals surface area contributed by atoms with Gasteiger partial charge in [0, 0.05) is 11.8 Å². The van der Waals surface area contributed by atoms with Crippen molar-refractivity contribution in [1.29, 1.82) is 0 Å². The summed E-state index contributed by atoms with van der Waals surface area (Å²) in [6.07, 6.45) is 3.45. The molecule has 0 fully saturated rings. The molecule has 0 N–H and O–H groups in total. The zero-order valence-electron chi connectivity index (χ0n) is 8.13. The van der Waals surface area contributed by atoms with Crippen LogP contribution in [0.15, 0.2) is 22.1 Å². The molecule has 0 radical (unpaired) electrons. The summed E-state index contributed by atoms with van der Waals surface area (Å²) in [5.41, 5.74) is 0.895. The average Bonchev–Trinajstić information content (AvgIpc) is 2.23. The number of hydrogen-bond acceptors (Lipinski definition) is 2. The lowest BCUT2D eigenvalue weighted by Gasteiger charge is -2.06. The molecule has 0 aliphatic heterocycles. The summed E-state index contributed by atoms with van der Waals surface area (Å²) in [5.74, 6) is -0.588. The summed E-state index contributed by atoms with van der Waals surface area (Å²) in [7, 11) is 0. The van der Waals surface area contributed by atoms with E-state index in [1.807, 2.05) is 0 Å². The number of aliphatic imine (C=N–C) groups is 1. The van der Waals surface area contributed by atoms with Crippen LogP contribution in [0, 0.1) is 5.82 Å². The Kier molecular flexibility index (Phi) is 3.91. The van der Waals surface area contributed by atoms with Crippen molar-refractivity contribution in [1.82, 2.24) is 0 Å². The molecular formula is C11H9BrFNO. The van der Waals surface area contributed by atoms with Gasteiger partial charge in [-0.25, -0.2) is 4.39 Å². The summed E-state index contributed by atoms with van der Waals surface area (Å²) < 4.78 is 13.7. The van der Waals surface area contributed by atoms with Crippen molar-refractivity contribution in [2.75, 3.05) is 0 Å². The summed E-state index contributed by atoms with van der Waals surface area (Å²) >= 11 is 3.03. The zero-order chi connectivity index (χ0) is 11.4. The monoisotopic (exact) mass is 269 g/mol. The lowest BCUT2D eigenvalue weighted by Crippen LogP contribution is -1.94. The zero-order valence-corrected chi connectivity index (χ0v) is 9.71. The van der Waals surface area contributed by atoms with E-state index in [0.29, 0.717) is 17.5 Å². The highest BCUT2D eigenvalue weighted by Gasteiger charge is 2.13. The molecule has 0 spiro atoms.